The van der Waals surface area contributed by atoms with Crippen LogP contribution >= 0.6 is 0 Å². The van der Waals surface area contributed by atoms with Crippen molar-refractivity contribution in [2.45, 2.75) is 13.5 Å². The van der Waals surface area contributed by atoms with Crippen LogP contribution < -0.4 is 5.73 Å². The first-order valence-electron chi connectivity index (χ1n) is 5.93. The molecular formula is C11H18N6O. The van der Waals surface area contributed by atoms with Crippen LogP contribution in [0.3, 0.4) is 0 Å². The highest BCUT2D eigenvalue weighted by atomic mass is 16.3. The van der Waals surface area contributed by atoms with Gasteiger partial charge in [-0.1, -0.05) is 6.92 Å². The van der Waals surface area contributed by atoms with E-state index < -0.39 is 0 Å². The van der Waals surface area contributed by atoms with Gasteiger partial charge in [0, 0.05) is 13.6 Å². The zero-order chi connectivity index (χ0) is 13.1. The van der Waals surface area contributed by atoms with Gasteiger partial charge in [-0.25, -0.2) is 9.97 Å². The summed E-state index contributed by atoms with van der Waals surface area (Å²) in [5.74, 6) is 1.10. The maximum atomic E-state index is 8.96. The van der Waals surface area contributed by atoms with Gasteiger partial charge in [-0.05, 0) is 6.54 Å². The number of nitrogens with zero attached hydrogens (tertiary/aromatic N) is 5. The number of aliphatic hydroxyl groups is 1. The monoisotopic (exact) mass is 250 g/mol. The van der Waals surface area contributed by atoms with Gasteiger partial charge >= 0.3 is 0 Å². The van der Waals surface area contributed by atoms with Crippen molar-refractivity contribution in [3.63, 3.8) is 0 Å². The Bertz CT molecular complexity index is 538. The topological polar surface area (TPSA) is 93.1 Å². The summed E-state index contributed by atoms with van der Waals surface area (Å²) in [6.45, 7) is 4.15. The van der Waals surface area contributed by atoms with Crippen molar-refractivity contribution < 1.29 is 5.11 Å². The van der Waals surface area contributed by atoms with Gasteiger partial charge in [0.05, 0.1) is 24.7 Å². The Balaban J connectivity index is 2.30. The van der Waals surface area contributed by atoms with Crippen molar-refractivity contribution in [1.29, 1.82) is 0 Å². The number of fused-ring (bicyclic) bond motifs is 1. The Morgan fingerprint density at radius 1 is 1.44 bits per heavy atom. The van der Waals surface area contributed by atoms with E-state index in [0.717, 1.165) is 17.6 Å². The molecule has 2 aromatic rings. The third kappa shape index (κ3) is 2.41. The van der Waals surface area contributed by atoms with Crippen LogP contribution in [0.15, 0.2) is 6.20 Å². The Hall–Kier alpha value is -1.73. The lowest BCUT2D eigenvalue weighted by Crippen LogP contribution is -2.27. The highest BCUT2D eigenvalue weighted by Gasteiger charge is 2.11. The molecule has 7 nitrogen and oxygen atoms in total. The van der Waals surface area contributed by atoms with E-state index in [1.807, 2.05) is 14.0 Å². The molecule has 98 valence electrons. The Labute approximate surface area is 105 Å². The Kier molecular flexibility index (Phi) is 3.73. The molecule has 0 atom stereocenters. The number of aliphatic hydroxyl groups excluding tert-OH is 1. The quantitative estimate of drug-likeness (QED) is 0.760. The van der Waals surface area contributed by atoms with Crippen molar-refractivity contribution >= 4 is 16.9 Å². The van der Waals surface area contributed by atoms with Crippen molar-refractivity contribution in [3.8, 4) is 0 Å². The van der Waals surface area contributed by atoms with Crippen molar-refractivity contribution in [2.24, 2.45) is 7.05 Å². The zero-order valence-corrected chi connectivity index (χ0v) is 10.7. The minimum Gasteiger partial charge on any atom is -0.395 e. The van der Waals surface area contributed by atoms with Crippen LogP contribution in [0.4, 0.5) is 5.82 Å². The number of likely N-dealkylation sites (N-methyl/N-ethyl adjacent to an activating group) is 1. The smallest absolute Gasteiger partial charge is 0.163 e. The van der Waals surface area contributed by atoms with Crippen LogP contribution in [0.1, 0.15) is 12.7 Å². The van der Waals surface area contributed by atoms with Crippen molar-refractivity contribution in [1.82, 2.24) is 24.6 Å². The summed E-state index contributed by atoms with van der Waals surface area (Å²) < 4.78 is 1.68. The molecule has 0 bridgehead atoms. The van der Waals surface area contributed by atoms with Gasteiger partial charge in [-0.15, -0.1) is 0 Å². The lowest BCUT2D eigenvalue weighted by atomic mass is 10.3. The van der Waals surface area contributed by atoms with Crippen LogP contribution in [0, 0.1) is 0 Å². The third-order valence-corrected chi connectivity index (χ3v) is 2.90. The van der Waals surface area contributed by atoms with E-state index in [-0.39, 0.29) is 6.61 Å². The van der Waals surface area contributed by atoms with Crippen LogP contribution in [-0.2, 0) is 13.6 Å². The van der Waals surface area contributed by atoms with E-state index in [0.29, 0.717) is 24.7 Å². The number of nitrogens with two attached hydrogens (primary N) is 1. The fourth-order valence-electron chi connectivity index (χ4n) is 1.85. The molecule has 0 aromatic carbocycles. The molecule has 0 amide bonds. The second-order valence-electron chi connectivity index (χ2n) is 4.12. The molecule has 0 saturated heterocycles. The first kappa shape index (κ1) is 12.7. The van der Waals surface area contributed by atoms with Gasteiger partial charge in [-0.2, -0.15) is 5.10 Å². The lowest BCUT2D eigenvalue weighted by molar-refractivity contribution is 0.194. The van der Waals surface area contributed by atoms with E-state index in [2.05, 4.69) is 20.0 Å². The fourth-order valence-corrected chi connectivity index (χ4v) is 1.85. The Morgan fingerprint density at radius 2 is 2.22 bits per heavy atom. The van der Waals surface area contributed by atoms with Gasteiger partial charge in [0.1, 0.15) is 11.6 Å². The molecule has 3 N–H and O–H groups in total. The minimum atomic E-state index is 0.122. The summed E-state index contributed by atoms with van der Waals surface area (Å²) in [6.07, 6.45) is 1.67. The average molecular weight is 250 g/mol. The number of anilines is 1. The highest BCUT2D eigenvalue weighted by molar-refractivity contribution is 5.84. The summed E-state index contributed by atoms with van der Waals surface area (Å²) in [7, 11) is 1.82. The predicted molar refractivity (Wildman–Crippen MR) is 68.8 cm³/mol. The average Bonchev–Trinajstić information content (AvgIpc) is 2.71. The molecule has 0 unspecified atom stereocenters. The summed E-state index contributed by atoms with van der Waals surface area (Å²) in [5.41, 5.74) is 6.62. The van der Waals surface area contributed by atoms with E-state index >= 15 is 0 Å². The van der Waals surface area contributed by atoms with E-state index in [1.165, 1.54) is 0 Å². The van der Waals surface area contributed by atoms with E-state index in [1.54, 1.807) is 10.9 Å². The molecule has 0 radical (unpaired) electrons. The molecular weight excluding hydrogens is 232 g/mol. The molecule has 2 aromatic heterocycles. The van der Waals surface area contributed by atoms with Gasteiger partial charge in [0.15, 0.2) is 5.65 Å². The van der Waals surface area contributed by atoms with E-state index in [9.17, 15) is 0 Å². The summed E-state index contributed by atoms with van der Waals surface area (Å²) in [4.78, 5) is 10.8. The maximum Gasteiger partial charge on any atom is 0.163 e. The number of aromatic nitrogens is 4. The van der Waals surface area contributed by atoms with Gasteiger partial charge in [0.25, 0.3) is 0 Å². The van der Waals surface area contributed by atoms with Crippen molar-refractivity contribution in [2.75, 3.05) is 25.4 Å². The number of rotatable bonds is 5. The third-order valence-electron chi connectivity index (χ3n) is 2.90. The molecule has 0 saturated carbocycles. The summed E-state index contributed by atoms with van der Waals surface area (Å²) >= 11 is 0. The molecule has 2 rings (SSSR count). The second-order valence-corrected chi connectivity index (χ2v) is 4.12. The van der Waals surface area contributed by atoms with Crippen LogP contribution in [-0.4, -0.2) is 49.5 Å². The standard InChI is InChI=1S/C11H18N6O/c1-3-17(4-5-18)7-9-14-10(12)8-6-13-16(2)11(8)15-9/h6,18H,3-5,7H2,1-2H3,(H2,12,14,15). The lowest BCUT2D eigenvalue weighted by Gasteiger charge is -2.18. The Morgan fingerprint density at radius 3 is 2.89 bits per heavy atom. The van der Waals surface area contributed by atoms with Crippen LogP contribution in [0.25, 0.3) is 11.0 Å². The molecule has 0 aliphatic carbocycles. The molecule has 7 heteroatoms. The normalized spacial score (nSPS) is 11.6. The maximum absolute atomic E-state index is 8.96. The molecule has 0 fully saturated rings. The highest BCUT2D eigenvalue weighted by Crippen LogP contribution is 2.16. The molecule has 18 heavy (non-hydrogen) atoms. The summed E-state index contributed by atoms with van der Waals surface area (Å²) in [6, 6.07) is 0. The molecule has 0 spiro atoms. The number of aryl methyl sites for hydroxylation is 1. The zero-order valence-electron chi connectivity index (χ0n) is 10.7. The number of hydrogen-bond acceptors (Lipinski definition) is 6. The molecule has 0 aliphatic rings. The van der Waals surface area contributed by atoms with E-state index in [4.69, 9.17) is 10.8 Å². The first-order chi connectivity index (χ1) is 8.65. The number of hydrogen-bond donors (Lipinski definition) is 2. The van der Waals surface area contributed by atoms with Gasteiger partial charge in [-0.3, -0.25) is 9.58 Å². The molecule has 2 heterocycles. The van der Waals surface area contributed by atoms with Gasteiger partial charge in [0.2, 0.25) is 0 Å². The van der Waals surface area contributed by atoms with Gasteiger partial charge < -0.3 is 10.8 Å². The van der Waals surface area contributed by atoms with Crippen LogP contribution in [0.5, 0.6) is 0 Å². The predicted octanol–water partition coefficient (Wildman–Crippen LogP) is -0.240. The SMILES string of the molecule is CCN(CCO)Cc1nc(N)c2cnn(C)c2n1. The minimum absolute atomic E-state index is 0.122. The second kappa shape index (κ2) is 5.28. The largest absolute Gasteiger partial charge is 0.395 e. The molecule has 0 aliphatic heterocycles. The van der Waals surface area contributed by atoms with Crippen LogP contribution in [0.2, 0.25) is 0 Å². The fraction of sp³-hybridized carbons (Fsp3) is 0.545. The van der Waals surface area contributed by atoms with Crippen molar-refractivity contribution in [3.05, 3.63) is 12.0 Å². The summed E-state index contributed by atoms with van der Waals surface area (Å²) in [5, 5.41) is 13.8. The number of nitrogen functional groups attached to an aromatic ring is 1. The first-order valence-corrected chi connectivity index (χ1v) is 5.93.